The number of thioether (sulfide) groups is 1. The summed E-state index contributed by atoms with van der Waals surface area (Å²) in [6, 6.07) is 5.38. The number of hydrogen-bond acceptors (Lipinski definition) is 7. The molecule has 0 spiro atoms. The molecule has 24 heavy (non-hydrogen) atoms. The third-order valence-corrected chi connectivity index (χ3v) is 4.78. The van der Waals surface area contributed by atoms with Crippen LogP contribution in [0.1, 0.15) is 33.4 Å². The number of anilines is 1. The molecule has 0 saturated carbocycles. The molecule has 0 atom stereocenters. The van der Waals surface area contributed by atoms with Crippen LogP contribution in [0.5, 0.6) is 0 Å². The molecule has 0 bridgehead atoms. The number of thiazole rings is 1. The number of hydrogen-bond donors (Lipinski definition) is 1. The molecule has 6 nitrogen and oxygen atoms in total. The van der Waals surface area contributed by atoms with Crippen molar-refractivity contribution in [3.63, 3.8) is 0 Å². The number of rotatable bonds is 5. The Morgan fingerprint density at radius 2 is 1.92 bits per heavy atom. The molecule has 3 heterocycles. The SMILES string of the molecule is Cc1cc(C)nc(SCc2ccc(C(=O)Nc3nc(C)cs3)o2)n1. The van der Waals surface area contributed by atoms with Gasteiger partial charge in [0.1, 0.15) is 5.76 Å². The van der Waals surface area contributed by atoms with E-state index in [-0.39, 0.29) is 11.7 Å². The predicted octanol–water partition coefficient (Wildman–Crippen LogP) is 4.00. The number of nitrogens with zero attached hydrogens (tertiary/aromatic N) is 3. The fourth-order valence-corrected chi connectivity index (χ4v) is 3.57. The lowest BCUT2D eigenvalue weighted by Gasteiger charge is -2.01. The van der Waals surface area contributed by atoms with Gasteiger partial charge in [-0.25, -0.2) is 15.0 Å². The topological polar surface area (TPSA) is 80.9 Å². The van der Waals surface area contributed by atoms with Crippen molar-refractivity contribution in [1.29, 1.82) is 0 Å². The van der Waals surface area contributed by atoms with Gasteiger partial charge in [0, 0.05) is 16.8 Å². The van der Waals surface area contributed by atoms with Crippen molar-refractivity contribution >= 4 is 34.1 Å². The van der Waals surface area contributed by atoms with E-state index in [9.17, 15) is 4.79 Å². The molecule has 8 heteroatoms. The van der Waals surface area contributed by atoms with Crippen LogP contribution in [0.15, 0.2) is 33.2 Å². The lowest BCUT2D eigenvalue weighted by Crippen LogP contribution is -2.10. The Morgan fingerprint density at radius 3 is 2.58 bits per heavy atom. The summed E-state index contributed by atoms with van der Waals surface area (Å²) in [5, 5.41) is 5.87. The highest BCUT2D eigenvalue weighted by atomic mass is 32.2. The number of furan rings is 1. The minimum absolute atomic E-state index is 0.264. The van der Waals surface area contributed by atoms with Crippen LogP contribution in [0.2, 0.25) is 0 Å². The highest BCUT2D eigenvalue weighted by Gasteiger charge is 2.13. The predicted molar refractivity (Wildman–Crippen MR) is 94.6 cm³/mol. The van der Waals surface area contributed by atoms with E-state index in [1.807, 2.05) is 32.2 Å². The molecular formula is C16H16N4O2S2. The second kappa shape index (κ2) is 7.14. The van der Waals surface area contributed by atoms with Crippen molar-refractivity contribution in [3.8, 4) is 0 Å². The molecule has 0 unspecified atom stereocenters. The number of carbonyl (C=O) groups is 1. The zero-order chi connectivity index (χ0) is 17.1. The number of nitrogens with one attached hydrogen (secondary N) is 1. The standard InChI is InChI=1S/C16H16N4O2S2/c1-9-6-10(2)18-15(17-9)24-8-12-4-5-13(22-12)14(21)20-16-19-11(3)7-23-16/h4-7H,8H2,1-3H3,(H,19,20,21). The van der Waals surface area contributed by atoms with Gasteiger partial charge in [0.15, 0.2) is 16.0 Å². The Morgan fingerprint density at radius 1 is 1.17 bits per heavy atom. The molecule has 0 fully saturated rings. The van der Waals surface area contributed by atoms with Crippen LogP contribution in [0.4, 0.5) is 5.13 Å². The molecule has 1 N–H and O–H groups in total. The van der Waals surface area contributed by atoms with Gasteiger partial charge >= 0.3 is 0 Å². The molecule has 124 valence electrons. The van der Waals surface area contributed by atoms with Gasteiger partial charge in [0.05, 0.1) is 11.4 Å². The van der Waals surface area contributed by atoms with E-state index in [4.69, 9.17) is 4.42 Å². The van der Waals surface area contributed by atoms with Gasteiger partial charge < -0.3 is 4.42 Å². The smallest absolute Gasteiger partial charge is 0.293 e. The summed E-state index contributed by atoms with van der Waals surface area (Å²) in [6.07, 6.45) is 0. The van der Waals surface area contributed by atoms with Crippen LogP contribution in [0, 0.1) is 20.8 Å². The monoisotopic (exact) mass is 360 g/mol. The maximum atomic E-state index is 12.1. The molecule has 0 aliphatic rings. The van der Waals surface area contributed by atoms with E-state index >= 15 is 0 Å². The highest BCUT2D eigenvalue weighted by molar-refractivity contribution is 7.98. The fourth-order valence-electron chi connectivity index (χ4n) is 2.04. The maximum absolute atomic E-state index is 12.1. The Bertz CT molecular complexity index is 852. The van der Waals surface area contributed by atoms with Crippen molar-refractivity contribution < 1.29 is 9.21 Å². The van der Waals surface area contributed by atoms with Gasteiger partial charge in [-0.2, -0.15) is 0 Å². The first-order valence-electron chi connectivity index (χ1n) is 7.27. The minimum Gasteiger partial charge on any atom is -0.455 e. The summed E-state index contributed by atoms with van der Waals surface area (Å²) in [5.74, 6) is 1.22. The first-order chi connectivity index (χ1) is 11.5. The molecule has 0 aliphatic heterocycles. The first kappa shape index (κ1) is 16.7. The average Bonchev–Trinajstić information content (AvgIpc) is 3.13. The third kappa shape index (κ3) is 4.21. The summed E-state index contributed by atoms with van der Waals surface area (Å²) in [5.41, 5.74) is 2.74. The first-order valence-corrected chi connectivity index (χ1v) is 9.13. The Kier molecular flexibility index (Phi) is 4.96. The second-order valence-corrected chi connectivity index (χ2v) is 7.04. The number of carbonyl (C=O) groups excluding carboxylic acids is 1. The van der Waals surface area contributed by atoms with Crippen LogP contribution in [-0.2, 0) is 5.75 Å². The lowest BCUT2D eigenvalue weighted by atomic mass is 10.4. The third-order valence-electron chi connectivity index (χ3n) is 3.03. The van der Waals surface area contributed by atoms with Crippen LogP contribution >= 0.6 is 23.1 Å². The van der Waals surface area contributed by atoms with E-state index in [2.05, 4.69) is 20.3 Å². The molecule has 1 amide bonds. The maximum Gasteiger partial charge on any atom is 0.293 e. The molecule has 0 aliphatic carbocycles. The lowest BCUT2D eigenvalue weighted by molar-refractivity contribution is 0.0995. The highest BCUT2D eigenvalue weighted by Crippen LogP contribution is 2.22. The molecule has 0 aromatic carbocycles. The summed E-state index contributed by atoms with van der Waals surface area (Å²) in [4.78, 5) is 25.1. The second-order valence-electron chi connectivity index (χ2n) is 5.24. The van der Waals surface area contributed by atoms with Gasteiger partial charge in [-0.3, -0.25) is 10.1 Å². The fraction of sp³-hybridized carbons (Fsp3) is 0.250. The van der Waals surface area contributed by atoms with E-state index < -0.39 is 0 Å². The number of amides is 1. The molecule has 3 aromatic rings. The van der Waals surface area contributed by atoms with Gasteiger partial charge in [-0.15, -0.1) is 11.3 Å². The normalized spacial score (nSPS) is 10.8. The van der Waals surface area contributed by atoms with Crippen LogP contribution in [-0.4, -0.2) is 20.9 Å². The largest absolute Gasteiger partial charge is 0.455 e. The van der Waals surface area contributed by atoms with Crippen molar-refractivity contribution in [1.82, 2.24) is 15.0 Å². The van der Waals surface area contributed by atoms with E-state index in [1.165, 1.54) is 23.1 Å². The van der Waals surface area contributed by atoms with Crippen molar-refractivity contribution in [2.24, 2.45) is 0 Å². The summed E-state index contributed by atoms with van der Waals surface area (Å²) in [6.45, 7) is 5.76. The van der Waals surface area contributed by atoms with Gasteiger partial charge in [-0.1, -0.05) is 11.8 Å². The Hall–Kier alpha value is -2.19. The summed E-state index contributed by atoms with van der Waals surface area (Å²) < 4.78 is 5.60. The summed E-state index contributed by atoms with van der Waals surface area (Å²) in [7, 11) is 0. The zero-order valence-corrected chi connectivity index (χ0v) is 15.1. The zero-order valence-electron chi connectivity index (χ0n) is 13.5. The number of aryl methyl sites for hydroxylation is 3. The molecule has 3 rings (SSSR count). The van der Waals surface area contributed by atoms with E-state index in [0.717, 1.165) is 17.1 Å². The van der Waals surface area contributed by atoms with E-state index in [1.54, 1.807) is 12.1 Å². The molecular weight excluding hydrogens is 344 g/mol. The van der Waals surface area contributed by atoms with Gasteiger partial charge in [-0.05, 0) is 39.0 Å². The van der Waals surface area contributed by atoms with Gasteiger partial charge in [0.25, 0.3) is 5.91 Å². The molecule has 0 saturated heterocycles. The van der Waals surface area contributed by atoms with Crippen LogP contribution in [0.3, 0.4) is 0 Å². The minimum atomic E-state index is -0.303. The average molecular weight is 360 g/mol. The van der Waals surface area contributed by atoms with Crippen molar-refractivity contribution in [2.45, 2.75) is 31.7 Å². The number of aromatic nitrogens is 3. The Balaban J connectivity index is 1.61. The van der Waals surface area contributed by atoms with Crippen molar-refractivity contribution in [3.05, 3.63) is 52.2 Å². The quantitative estimate of drug-likeness (QED) is 0.547. The van der Waals surface area contributed by atoms with Crippen LogP contribution < -0.4 is 5.32 Å². The Labute approximate surface area is 147 Å². The van der Waals surface area contributed by atoms with Gasteiger partial charge in [0.2, 0.25) is 0 Å². The van der Waals surface area contributed by atoms with E-state index in [0.29, 0.717) is 21.8 Å². The van der Waals surface area contributed by atoms with Crippen molar-refractivity contribution in [2.75, 3.05) is 5.32 Å². The van der Waals surface area contributed by atoms with Crippen LogP contribution in [0.25, 0.3) is 0 Å². The summed E-state index contributed by atoms with van der Waals surface area (Å²) >= 11 is 2.86. The molecule has 0 radical (unpaired) electrons. The molecule has 3 aromatic heterocycles.